The molecule has 2 aromatic carbocycles. The highest BCUT2D eigenvalue weighted by atomic mass is 16.7. The van der Waals surface area contributed by atoms with Crippen molar-refractivity contribution in [1.82, 2.24) is 0 Å². The number of hydrogen-bond acceptors (Lipinski definition) is 3. The second-order valence-corrected chi connectivity index (χ2v) is 5.63. The van der Waals surface area contributed by atoms with Gasteiger partial charge in [0.2, 0.25) is 0 Å². The highest BCUT2D eigenvalue weighted by Gasteiger charge is 2.20. The van der Waals surface area contributed by atoms with Crippen LogP contribution in [0.3, 0.4) is 0 Å². The van der Waals surface area contributed by atoms with Gasteiger partial charge in [-0.25, -0.2) is 0 Å². The van der Waals surface area contributed by atoms with E-state index in [1.807, 2.05) is 54.6 Å². The molecule has 114 valence electrons. The molecule has 0 radical (unpaired) electrons. The third-order valence-corrected chi connectivity index (χ3v) is 4.01. The lowest BCUT2D eigenvalue weighted by molar-refractivity contribution is -0.0501. The minimum absolute atomic E-state index is 0.0577. The van der Waals surface area contributed by atoms with Gasteiger partial charge in [0.25, 0.3) is 0 Å². The zero-order chi connectivity index (χ0) is 15.4. The Morgan fingerprint density at radius 2 is 1.59 bits per heavy atom. The van der Waals surface area contributed by atoms with Crippen LogP contribution in [0.5, 0.6) is 0 Å². The van der Waals surface area contributed by atoms with Crippen LogP contribution in [0.25, 0.3) is 0 Å². The van der Waals surface area contributed by atoms with Crippen LogP contribution in [0.1, 0.15) is 40.7 Å². The van der Waals surface area contributed by atoms with E-state index in [4.69, 9.17) is 9.47 Å². The first kappa shape index (κ1) is 14.9. The molecule has 1 saturated heterocycles. The van der Waals surface area contributed by atoms with Gasteiger partial charge in [0.15, 0.2) is 12.1 Å². The lowest BCUT2D eigenvalue weighted by Crippen LogP contribution is -2.11. The van der Waals surface area contributed by atoms with E-state index in [1.54, 1.807) is 0 Å². The highest BCUT2D eigenvalue weighted by molar-refractivity contribution is 6.08. The van der Waals surface area contributed by atoms with Crippen molar-refractivity contribution in [3.05, 3.63) is 71.3 Å². The number of ether oxygens (including phenoxy) is 2. The fourth-order valence-corrected chi connectivity index (χ4v) is 2.69. The maximum Gasteiger partial charge on any atom is 0.193 e. The molecule has 3 rings (SSSR count). The average Bonchev–Trinajstić information content (AvgIpc) is 3.08. The third-order valence-electron chi connectivity index (χ3n) is 4.01. The topological polar surface area (TPSA) is 35.5 Å². The Morgan fingerprint density at radius 1 is 1.00 bits per heavy atom. The van der Waals surface area contributed by atoms with Crippen molar-refractivity contribution < 1.29 is 14.3 Å². The standard InChI is InChI=1S/C19H20O3/c1-14(13-18-21-11-12-22-18)15-7-9-17(10-8-15)19(20)16-5-3-2-4-6-16/h2-10,14,18H,11-13H2,1H3. The first-order valence-electron chi connectivity index (χ1n) is 7.67. The zero-order valence-electron chi connectivity index (χ0n) is 12.7. The Hall–Kier alpha value is -1.97. The van der Waals surface area contributed by atoms with Crippen LogP contribution in [0.2, 0.25) is 0 Å². The Labute approximate surface area is 130 Å². The number of carbonyl (C=O) groups is 1. The van der Waals surface area contributed by atoms with Gasteiger partial charge < -0.3 is 9.47 Å². The van der Waals surface area contributed by atoms with Crippen LogP contribution in [0.15, 0.2) is 54.6 Å². The Bertz CT molecular complexity index is 613. The van der Waals surface area contributed by atoms with Crippen molar-refractivity contribution >= 4 is 5.78 Å². The number of benzene rings is 2. The average molecular weight is 296 g/mol. The molecule has 1 unspecified atom stereocenters. The summed E-state index contributed by atoms with van der Waals surface area (Å²) in [4.78, 5) is 12.4. The third kappa shape index (κ3) is 3.43. The molecule has 1 atom stereocenters. The van der Waals surface area contributed by atoms with E-state index in [2.05, 4.69) is 6.92 Å². The molecule has 0 aromatic heterocycles. The van der Waals surface area contributed by atoms with Crippen LogP contribution in [-0.2, 0) is 9.47 Å². The quantitative estimate of drug-likeness (QED) is 0.788. The van der Waals surface area contributed by atoms with Crippen LogP contribution < -0.4 is 0 Å². The molecule has 0 amide bonds. The van der Waals surface area contributed by atoms with Gasteiger partial charge in [0.05, 0.1) is 13.2 Å². The van der Waals surface area contributed by atoms with E-state index < -0.39 is 0 Å². The minimum Gasteiger partial charge on any atom is -0.350 e. The minimum atomic E-state index is -0.0966. The summed E-state index contributed by atoms with van der Waals surface area (Å²) in [6.45, 7) is 3.52. The normalized spacial score (nSPS) is 16.6. The Morgan fingerprint density at radius 3 is 2.23 bits per heavy atom. The maximum atomic E-state index is 12.4. The molecular formula is C19H20O3. The summed E-state index contributed by atoms with van der Waals surface area (Å²) >= 11 is 0. The van der Waals surface area contributed by atoms with Crippen molar-refractivity contribution in [1.29, 1.82) is 0 Å². The van der Waals surface area contributed by atoms with E-state index in [1.165, 1.54) is 5.56 Å². The van der Waals surface area contributed by atoms with E-state index in [0.717, 1.165) is 17.5 Å². The lowest BCUT2D eigenvalue weighted by Gasteiger charge is -2.16. The number of carbonyl (C=O) groups excluding carboxylic acids is 1. The van der Waals surface area contributed by atoms with Gasteiger partial charge in [0.1, 0.15) is 0 Å². The molecule has 1 fully saturated rings. The first-order valence-corrected chi connectivity index (χ1v) is 7.67. The summed E-state index contributed by atoms with van der Waals surface area (Å²) in [5.41, 5.74) is 2.63. The fourth-order valence-electron chi connectivity index (χ4n) is 2.69. The summed E-state index contributed by atoms with van der Waals surface area (Å²) < 4.78 is 11.0. The van der Waals surface area contributed by atoms with E-state index >= 15 is 0 Å². The first-order chi connectivity index (χ1) is 10.7. The van der Waals surface area contributed by atoms with Gasteiger partial charge in [-0.05, 0) is 11.5 Å². The van der Waals surface area contributed by atoms with Gasteiger partial charge >= 0.3 is 0 Å². The summed E-state index contributed by atoms with van der Waals surface area (Å²) in [7, 11) is 0. The molecule has 1 aliphatic rings. The fraction of sp³-hybridized carbons (Fsp3) is 0.316. The lowest BCUT2D eigenvalue weighted by atomic mass is 9.95. The molecule has 0 N–H and O–H groups in total. The predicted octanol–water partition coefficient (Wildman–Crippen LogP) is 3.78. The van der Waals surface area contributed by atoms with Gasteiger partial charge in [0, 0.05) is 17.5 Å². The van der Waals surface area contributed by atoms with Crippen molar-refractivity contribution in [3.8, 4) is 0 Å². The van der Waals surface area contributed by atoms with Crippen molar-refractivity contribution in [2.75, 3.05) is 13.2 Å². The summed E-state index contributed by atoms with van der Waals surface area (Å²) in [5, 5.41) is 0. The van der Waals surface area contributed by atoms with Crippen LogP contribution in [-0.4, -0.2) is 25.3 Å². The molecule has 1 heterocycles. The molecule has 0 bridgehead atoms. The molecule has 3 heteroatoms. The zero-order valence-corrected chi connectivity index (χ0v) is 12.7. The molecule has 0 spiro atoms. The van der Waals surface area contributed by atoms with Crippen LogP contribution >= 0.6 is 0 Å². The van der Waals surface area contributed by atoms with Gasteiger partial charge in [-0.15, -0.1) is 0 Å². The summed E-state index contributed by atoms with van der Waals surface area (Å²) in [6.07, 6.45) is 0.743. The Balaban J connectivity index is 1.68. The Kier molecular flexibility index (Phi) is 4.66. The summed E-state index contributed by atoms with van der Waals surface area (Å²) in [6, 6.07) is 17.2. The second-order valence-electron chi connectivity index (χ2n) is 5.63. The maximum absolute atomic E-state index is 12.4. The second kappa shape index (κ2) is 6.86. The number of rotatable bonds is 5. The van der Waals surface area contributed by atoms with Crippen LogP contribution in [0, 0.1) is 0 Å². The molecule has 22 heavy (non-hydrogen) atoms. The highest BCUT2D eigenvalue weighted by Crippen LogP contribution is 2.24. The molecular weight excluding hydrogens is 276 g/mol. The molecule has 0 aliphatic carbocycles. The smallest absolute Gasteiger partial charge is 0.193 e. The van der Waals surface area contributed by atoms with E-state index in [0.29, 0.717) is 19.1 Å². The van der Waals surface area contributed by atoms with E-state index in [9.17, 15) is 4.79 Å². The number of hydrogen-bond donors (Lipinski definition) is 0. The SMILES string of the molecule is CC(CC1OCCO1)c1ccc(C(=O)c2ccccc2)cc1. The molecule has 2 aromatic rings. The van der Waals surface area contributed by atoms with Crippen LogP contribution in [0.4, 0.5) is 0 Å². The van der Waals surface area contributed by atoms with Crippen molar-refractivity contribution in [3.63, 3.8) is 0 Å². The van der Waals surface area contributed by atoms with Crippen molar-refractivity contribution in [2.45, 2.75) is 25.6 Å². The summed E-state index contributed by atoms with van der Waals surface area (Å²) in [5.74, 6) is 0.395. The largest absolute Gasteiger partial charge is 0.350 e. The predicted molar refractivity (Wildman–Crippen MR) is 85.0 cm³/mol. The number of ketones is 1. The van der Waals surface area contributed by atoms with Crippen molar-refractivity contribution in [2.24, 2.45) is 0 Å². The molecule has 3 nitrogen and oxygen atoms in total. The van der Waals surface area contributed by atoms with Gasteiger partial charge in [-0.2, -0.15) is 0 Å². The molecule has 1 aliphatic heterocycles. The monoisotopic (exact) mass is 296 g/mol. The van der Waals surface area contributed by atoms with Gasteiger partial charge in [-0.3, -0.25) is 4.79 Å². The molecule has 0 saturated carbocycles. The van der Waals surface area contributed by atoms with Gasteiger partial charge in [-0.1, -0.05) is 61.5 Å². The van der Waals surface area contributed by atoms with E-state index in [-0.39, 0.29) is 12.1 Å².